The van der Waals surface area contributed by atoms with Gasteiger partial charge in [0.1, 0.15) is 5.03 Å². The van der Waals surface area contributed by atoms with Gasteiger partial charge in [-0.25, -0.2) is 9.19 Å². The maximum Gasteiger partial charge on any atom is 0.264 e. The standard InChI is InChI=1S/C16H16N2O2S/c1-21(20,14-9-5-6-12-17-14)18-15(19)16(10-11-16)13-7-3-2-4-8-13/h2-9,12H,10-11H2,1H3. The average molecular weight is 300 g/mol. The molecule has 108 valence electrons. The van der Waals surface area contributed by atoms with Gasteiger partial charge in [0.2, 0.25) is 0 Å². The summed E-state index contributed by atoms with van der Waals surface area (Å²) in [4.78, 5) is 16.6. The second-order valence-corrected chi connectivity index (χ2v) is 7.52. The molecule has 1 aromatic carbocycles. The Labute approximate surface area is 124 Å². The molecular formula is C16H16N2O2S. The molecule has 1 unspecified atom stereocenters. The van der Waals surface area contributed by atoms with Gasteiger partial charge in [0.15, 0.2) is 0 Å². The van der Waals surface area contributed by atoms with Crippen molar-refractivity contribution in [3.63, 3.8) is 0 Å². The van der Waals surface area contributed by atoms with Crippen LogP contribution in [0.2, 0.25) is 0 Å². The molecule has 5 heteroatoms. The lowest BCUT2D eigenvalue weighted by atomic mass is 9.96. The SMILES string of the molecule is CS(=O)(=NC(=O)C1(c2ccccc2)CC1)c1ccccn1. The molecule has 1 heterocycles. The first-order chi connectivity index (χ1) is 10.0. The van der Waals surface area contributed by atoms with E-state index in [1.165, 1.54) is 6.26 Å². The van der Waals surface area contributed by atoms with Gasteiger partial charge < -0.3 is 0 Å². The lowest BCUT2D eigenvalue weighted by molar-refractivity contribution is -0.120. The molecule has 0 aliphatic heterocycles. The number of amides is 1. The molecule has 1 saturated carbocycles. The second-order valence-electron chi connectivity index (χ2n) is 5.32. The first-order valence-electron chi connectivity index (χ1n) is 6.78. The highest BCUT2D eigenvalue weighted by molar-refractivity contribution is 7.93. The Hall–Kier alpha value is -2.01. The maximum absolute atomic E-state index is 12.7. The van der Waals surface area contributed by atoms with E-state index in [9.17, 15) is 9.00 Å². The molecule has 2 aromatic rings. The zero-order chi connectivity index (χ0) is 14.9. The van der Waals surface area contributed by atoms with Crippen molar-refractivity contribution in [1.29, 1.82) is 0 Å². The van der Waals surface area contributed by atoms with Crippen molar-refractivity contribution in [3.05, 3.63) is 60.3 Å². The number of carbonyl (C=O) groups is 1. The van der Waals surface area contributed by atoms with Gasteiger partial charge in [-0.1, -0.05) is 36.4 Å². The number of hydrogen-bond donors (Lipinski definition) is 0. The molecule has 0 spiro atoms. The first kappa shape index (κ1) is 13.9. The molecule has 1 aliphatic rings. The molecular weight excluding hydrogens is 284 g/mol. The molecule has 0 bridgehead atoms. The predicted octanol–water partition coefficient (Wildman–Crippen LogP) is 2.80. The van der Waals surface area contributed by atoms with Gasteiger partial charge in [0.25, 0.3) is 5.91 Å². The Morgan fingerprint density at radius 3 is 2.38 bits per heavy atom. The lowest BCUT2D eigenvalue weighted by Gasteiger charge is -2.12. The summed E-state index contributed by atoms with van der Waals surface area (Å²) in [5.74, 6) is -0.299. The Morgan fingerprint density at radius 1 is 1.14 bits per heavy atom. The van der Waals surface area contributed by atoms with Gasteiger partial charge in [-0.05, 0) is 30.5 Å². The largest absolute Gasteiger partial charge is 0.271 e. The molecule has 0 N–H and O–H groups in total. The van der Waals surface area contributed by atoms with Crippen LogP contribution in [-0.2, 0) is 19.9 Å². The fraction of sp³-hybridized carbons (Fsp3) is 0.250. The lowest BCUT2D eigenvalue weighted by Crippen LogP contribution is -2.20. The minimum absolute atomic E-state index is 0.299. The van der Waals surface area contributed by atoms with Crippen molar-refractivity contribution in [2.45, 2.75) is 23.3 Å². The number of nitrogens with zero attached hydrogens (tertiary/aromatic N) is 2. The van der Waals surface area contributed by atoms with Crippen LogP contribution < -0.4 is 0 Å². The van der Waals surface area contributed by atoms with E-state index in [2.05, 4.69) is 9.35 Å². The van der Waals surface area contributed by atoms with Crippen molar-refractivity contribution in [1.82, 2.24) is 4.98 Å². The van der Waals surface area contributed by atoms with E-state index >= 15 is 0 Å². The predicted molar refractivity (Wildman–Crippen MR) is 81.4 cm³/mol. The topological polar surface area (TPSA) is 59.4 Å². The number of rotatable bonds is 3. The number of benzene rings is 1. The summed E-state index contributed by atoms with van der Waals surface area (Å²) in [6.45, 7) is 0. The Balaban J connectivity index is 1.97. The monoisotopic (exact) mass is 300 g/mol. The minimum atomic E-state index is -2.80. The number of hydrogen-bond acceptors (Lipinski definition) is 3. The van der Waals surface area contributed by atoms with Crippen molar-refractivity contribution < 1.29 is 9.00 Å². The first-order valence-corrected chi connectivity index (χ1v) is 8.70. The Kier molecular flexibility index (Phi) is 3.37. The van der Waals surface area contributed by atoms with Crippen molar-refractivity contribution in [3.8, 4) is 0 Å². The van der Waals surface area contributed by atoms with Crippen LogP contribution in [0.25, 0.3) is 0 Å². The zero-order valence-corrected chi connectivity index (χ0v) is 12.5. The van der Waals surface area contributed by atoms with Crippen molar-refractivity contribution in [2.75, 3.05) is 6.26 Å². The van der Waals surface area contributed by atoms with E-state index in [1.807, 2.05) is 30.3 Å². The molecule has 3 rings (SSSR count). The molecule has 1 amide bonds. The van der Waals surface area contributed by atoms with Gasteiger partial charge in [0, 0.05) is 12.5 Å². The highest BCUT2D eigenvalue weighted by Crippen LogP contribution is 2.49. The molecule has 21 heavy (non-hydrogen) atoms. The summed E-state index contributed by atoms with van der Waals surface area (Å²) in [5, 5.41) is 0.349. The third-order valence-corrected chi connectivity index (χ3v) is 5.30. The van der Waals surface area contributed by atoms with Crippen LogP contribution in [0.4, 0.5) is 0 Å². The highest BCUT2D eigenvalue weighted by atomic mass is 32.2. The molecule has 4 nitrogen and oxygen atoms in total. The van der Waals surface area contributed by atoms with Crippen LogP contribution >= 0.6 is 0 Å². The Morgan fingerprint density at radius 2 is 1.81 bits per heavy atom. The van der Waals surface area contributed by atoms with E-state index in [1.54, 1.807) is 24.4 Å². The molecule has 1 atom stereocenters. The quantitative estimate of drug-likeness (QED) is 0.875. The van der Waals surface area contributed by atoms with Crippen LogP contribution in [0, 0.1) is 0 Å². The average Bonchev–Trinajstić information content (AvgIpc) is 3.30. The molecule has 0 saturated heterocycles. The molecule has 1 fully saturated rings. The number of pyridine rings is 1. The Bertz CT molecular complexity index is 774. The normalized spacial score (nSPS) is 18.5. The summed E-state index contributed by atoms with van der Waals surface area (Å²) >= 11 is 0. The van der Waals surface area contributed by atoms with Gasteiger partial charge in [-0.3, -0.25) is 4.79 Å². The summed E-state index contributed by atoms with van der Waals surface area (Å²) < 4.78 is 16.7. The van der Waals surface area contributed by atoms with Gasteiger partial charge in [0.05, 0.1) is 15.1 Å². The van der Waals surface area contributed by atoms with Crippen molar-refractivity contribution >= 4 is 15.6 Å². The zero-order valence-electron chi connectivity index (χ0n) is 11.7. The van der Waals surface area contributed by atoms with Crippen LogP contribution in [0.1, 0.15) is 18.4 Å². The van der Waals surface area contributed by atoms with Crippen molar-refractivity contribution in [2.24, 2.45) is 4.36 Å². The number of carbonyl (C=O) groups excluding carboxylic acids is 1. The van der Waals surface area contributed by atoms with Gasteiger partial charge in [-0.2, -0.15) is 4.36 Å². The van der Waals surface area contributed by atoms with Crippen LogP contribution in [-0.4, -0.2) is 21.4 Å². The van der Waals surface area contributed by atoms with E-state index < -0.39 is 15.1 Å². The third kappa shape index (κ3) is 2.61. The third-order valence-electron chi connectivity index (χ3n) is 3.77. The van der Waals surface area contributed by atoms with E-state index in [0.717, 1.165) is 18.4 Å². The maximum atomic E-state index is 12.7. The van der Waals surface area contributed by atoms with Crippen LogP contribution in [0.15, 0.2) is 64.1 Å². The highest BCUT2D eigenvalue weighted by Gasteiger charge is 2.51. The number of aromatic nitrogens is 1. The fourth-order valence-electron chi connectivity index (χ4n) is 2.37. The van der Waals surface area contributed by atoms with E-state index in [0.29, 0.717) is 5.03 Å². The van der Waals surface area contributed by atoms with E-state index in [4.69, 9.17) is 0 Å². The summed E-state index contributed by atoms with van der Waals surface area (Å²) in [7, 11) is -2.80. The molecule has 0 radical (unpaired) electrons. The fourth-order valence-corrected chi connectivity index (χ4v) is 3.54. The minimum Gasteiger partial charge on any atom is -0.271 e. The smallest absolute Gasteiger partial charge is 0.264 e. The second kappa shape index (κ2) is 5.07. The van der Waals surface area contributed by atoms with E-state index in [-0.39, 0.29) is 5.91 Å². The summed E-state index contributed by atoms with van der Waals surface area (Å²) in [6.07, 6.45) is 4.55. The van der Waals surface area contributed by atoms with Crippen LogP contribution in [0.3, 0.4) is 0 Å². The van der Waals surface area contributed by atoms with Gasteiger partial charge >= 0.3 is 0 Å². The van der Waals surface area contributed by atoms with Gasteiger partial charge in [-0.15, -0.1) is 0 Å². The molecule has 1 aliphatic carbocycles. The molecule has 1 aromatic heterocycles. The van der Waals surface area contributed by atoms with Crippen LogP contribution in [0.5, 0.6) is 0 Å². The summed E-state index contributed by atoms with van der Waals surface area (Å²) in [5.41, 5.74) is 0.379. The summed E-state index contributed by atoms with van der Waals surface area (Å²) in [6, 6.07) is 14.7.